The monoisotopic (exact) mass is 183 g/mol. The zero-order chi connectivity index (χ0) is 9.26. The summed E-state index contributed by atoms with van der Waals surface area (Å²) >= 11 is 0. The first-order valence-corrected chi connectivity index (χ1v) is 5.09. The van der Waals surface area contributed by atoms with Gasteiger partial charge < -0.3 is 4.74 Å². The van der Waals surface area contributed by atoms with Gasteiger partial charge in [-0.15, -0.1) is 0 Å². The van der Waals surface area contributed by atoms with Crippen LogP contribution in [0.15, 0.2) is 0 Å². The fraction of sp³-hybridized carbons (Fsp3) is 0.900. The lowest BCUT2D eigenvalue weighted by Gasteiger charge is -2.33. The average molecular weight is 183 g/mol. The Hall–Kier alpha value is -0.410. The summed E-state index contributed by atoms with van der Waals surface area (Å²) in [6, 6.07) is 0.0613. The van der Waals surface area contributed by atoms with Gasteiger partial charge in [0.15, 0.2) is 5.78 Å². The van der Waals surface area contributed by atoms with Gasteiger partial charge in [-0.3, -0.25) is 9.69 Å². The van der Waals surface area contributed by atoms with Crippen molar-refractivity contribution >= 4 is 5.78 Å². The number of Topliss-reactive ketones (excluding diaryl/α,β-unsaturated/α-hetero) is 1. The van der Waals surface area contributed by atoms with Crippen molar-refractivity contribution in [2.75, 3.05) is 26.8 Å². The molecule has 0 aromatic rings. The van der Waals surface area contributed by atoms with Crippen LogP contribution in [0.5, 0.6) is 0 Å². The molecule has 3 heteroatoms. The van der Waals surface area contributed by atoms with Crippen LogP contribution in [0.2, 0.25) is 0 Å². The standard InChI is InChI=1S/C10H17NO2/c1-13-7-9-10(12)8-3-2-5-11(9)6-4-8/h8-9H,2-7H2,1H3/t8-,9+/m0/s1. The third-order valence-corrected chi connectivity index (χ3v) is 3.26. The second-order valence-corrected chi connectivity index (χ2v) is 4.04. The summed E-state index contributed by atoms with van der Waals surface area (Å²) in [7, 11) is 1.67. The molecule has 1 unspecified atom stereocenters. The SMILES string of the molecule is COC[C@@H]1C(=O)[C@H]2CCCN1CC2. The Morgan fingerprint density at radius 3 is 3.08 bits per heavy atom. The van der Waals surface area contributed by atoms with Crippen molar-refractivity contribution in [3.63, 3.8) is 0 Å². The van der Waals surface area contributed by atoms with Crippen molar-refractivity contribution in [3.8, 4) is 0 Å². The average Bonchev–Trinajstić information content (AvgIpc) is 2.43. The van der Waals surface area contributed by atoms with E-state index in [1.165, 1.54) is 6.42 Å². The number of rotatable bonds is 2. The molecular weight excluding hydrogens is 166 g/mol. The third kappa shape index (κ3) is 1.63. The van der Waals surface area contributed by atoms with Crippen LogP contribution in [0.3, 0.4) is 0 Å². The molecule has 3 rings (SSSR count). The maximum atomic E-state index is 11.9. The highest BCUT2D eigenvalue weighted by Crippen LogP contribution is 2.28. The van der Waals surface area contributed by atoms with Gasteiger partial charge in [-0.1, -0.05) is 0 Å². The minimum absolute atomic E-state index is 0.0613. The molecule has 3 nitrogen and oxygen atoms in total. The number of methoxy groups -OCH3 is 1. The molecule has 0 amide bonds. The maximum Gasteiger partial charge on any atom is 0.155 e. The minimum Gasteiger partial charge on any atom is -0.383 e. The lowest BCUT2D eigenvalue weighted by atomic mass is 9.89. The minimum atomic E-state index is 0.0613. The first kappa shape index (κ1) is 9.16. The van der Waals surface area contributed by atoms with Crippen LogP contribution in [0.4, 0.5) is 0 Å². The van der Waals surface area contributed by atoms with Crippen LogP contribution in [0.25, 0.3) is 0 Å². The molecule has 3 atom stereocenters. The van der Waals surface area contributed by atoms with Gasteiger partial charge in [0, 0.05) is 13.0 Å². The zero-order valence-electron chi connectivity index (χ0n) is 8.16. The second kappa shape index (κ2) is 3.76. The van der Waals surface area contributed by atoms with Crippen molar-refractivity contribution in [2.45, 2.75) is 25.3 Å². The zero-order valence-corrected chi connectivity index (χ0v) is 8.16. The predicted molar refractivity (Wildman–Crippen MR) is 49.6 cm³/mol. The number of hydrogen-bond donors (Lipinski definition) is 0. The van der Waals surface area contributed by atoms with Crippen molar-refractivity contribution in [1.82, 2.24) is 4.90 Å². The highest BCUT2D eigenvalue weighted by atomic mass is 16.5. The highest BCUT2D eigenvalue weighted by Gasteiger charge is 2.38. The van der Waals surface area contributed by atoms with Gasteiger partial charge in [0.05, 0.1) is 12.6 Å². The normalized spacial score (nSPS) is 39.2. The lowest BCUT2D eigenvalue weighted by molar-refractivity contribution is -0.132. The number of ether oxygens (including phenoxy) is 1. The van der Waals surface area contributed by atoms with E-state index in [0.29, 0.717) is 18.3 Å². The smallest absolute Gasteiger partial charge is 0.155 e. The molecule has 0 aliphatic carbocycles. The van der Waals surface area contributed by atoms with E-state index in [4.69, 9.17) is 4.74 Å². The molecule has 0 radical (unpaired) electrons. The number of piperidine rings is 1. The molecule has 74 valence electrons. The number of carbonyl (C=O) groups excluding carboxylic acids is 1. The summed E-state index contributed by atoms with van der Waals surface area (Å²) in [4.78, 5) is 14.2. The predicted octanol–water partition coefficient (Wildman–Crippen LogP) is 0.686. The fourth-order valence-electron chi connectivity index (χ4n) is 2.51. The summed E-state index contributed by atoms with van der Waals surface area (Å²) in [6.07, 6.45) is 3.34. The van der Waals surface area contributed by atoms with Crippen LogP contribution in [0, 0.1) is 5.92 Å². The first-order chi connectivity index (χ1) is 6.33. The van der Waals surface area contributed by atoms with E-state index < -0.39 is 0 Å². The Bertz CT molecular complexity index is 201. The summed E-state index contributed by atoms with van der Waals surface area (Å²) in [6.45, 7) is 2.75. The number of hydrogen-bond acceptors (Lipinski definition) is 3. The molecule has 0 spiro atoms. The van der Waals surface area contributed by atoms with Crippen molar-refractivity contribution in [1.29, 1.82) is 0 Å². The molecule has 3 aliphatic rings. The fourth-order valence-corrected chi connectivity index (χ4v) is 2.51. The lowest BCUT2D eigenvalue weighted by Crippen LogP contribution is -2.49. The van der Waals surface area contributed by atoms with Crippen molar-refractivity contribution < 1.29 is 9.53 Å². The summed E-state index contributed by atoms with van der Waals surface area (Å²) in [5, 5.41) is 0. The molecule has 0 saturated carbocycles. The second-order valence-electron chi connectivity index (χ2n) is 4.04. The quantitative estimate of drug-likeness (QED) is 0.630. The van der Waals surface area contributed by atoms with E-state index in [1.807, 2.05) is 0 Å². The van der Waals surface area contributed by atoms with E-state index in [9.17, 15) is 4.79 Å². The molecule has 2 bridgehead atoms. The van der Waals surface area contributed by atoms with Gasteiger partial charge >= 0.3 is 0 Å². The molecule has 3 heterocycles. The van der Waals surface area contributed by atoms with E-state index >= 15 is 0 Å². The number of ketones is 1. The van der Waals surface area contributed by atoms with Crippen LogP contribution < -0.4 is 0 Å². The molecule has 0 aromatic carbocycles. The molecule has 0 N–H and O–H groups in total. The van der Waals surface area contributed by atoms with E-state index in [0.717, 1.165) is 25.9 Å². The number of fused-ring (bicyclic) bond motifs is 4. The van der Waals surface area contributed by atoms with Gasteiger partial charge in [0.2, 0.25) is 0 Å². The Morgan fingerprint density at radius 2 is 2.31 bits per heavy atom. The summed E-state index contributed by atoms with van der Waals surface area (Å²) < 4.78 is 5.10. The molecule has 3 fully saturated rings. The number of carbonyl (C=O) groups is 1. The molecule has 3 aliphatic heterocycles. The van der Waals surface area contributed by atoms with Gasteiger partial charge in [-0.05, 0) is 32.4 Å². The Labute approximate surface area is 79.0 Å². The molecule has 0 aromatic heterocycles. The third-order valence-electron chi connectivity index (χ3n) is 3.26. The van der Waals surface area contributed by atoms with Crippen LogP contribution in [-0.4, -0.2) is 43.5 Å². The van der Waals surface area contributed by atoms with E-state index in [-0.39, 0.29) is 6.04 Å². The Kier molecular flexibility index (Phi) is 2.65. The van der Waals surface area contributed by atoms with Crippen LogP contribution in [-0.2, 0) is 9.53 Å². The molecular formula is C10H17NO2. The number of nitrogens with zero attached hydrogens (tertiary/aromatic N) is 1. The van der Waals surface area contributed by atoms with E-state index in [2.05, 4.69) is 4.90 Å². The van der Waals surface area contributed by atoms with E-state index in [1.54, 1.807) is 7.11 Å². The van der Waals surface area contributed by atoms with Crippen molar-refractivity contribution in [3.05, 3.63) is 0 Å². The van der Waals surface area contributed by atoms with Gasteiger partial charge in [-0.2, -0.15) is 0 Å². The summed E-state index contributed by atoms with van der Waals surface area (Å²) in [5.41, 5.74) is 0. The maximum absolute atomic E-state index is 11.9. The van der Waals surface area contributed by atoms with Crippen LogP contribution >= 0.6 is 0 Å². The Morgan fingerprint density at radius 1 is 1.46 bits per heavy atom. The van der Waals surface area contributed by atoms with Gasteiger partial charge in [0.1, 0.15) is 0 Å². The Balaban J connectivity index is 2.12. The van der Waals surface area contributed by atoms with Gasteiger partial charge in [0.25, 0.3) is 0 Å². The largest absolute Gasteiger partial charge is 0.383 e. The highest BCUT2D eigenvalue weighted by molar-refractivity contribution is 5.87. The molecule has 3 saturated heterocycles. The van der Waals surface area contributed by atoms with Crippen molar-refractivity contribution in [2.24, 2.45) is 5.92 Å². The molecule has 13 heavy (non-hydrogen) atoms. The van der Waals surface area contributed by atoms with Crippen LogP contribution in [0.1, 0.15) is 19.3 Å². The summed E-state index contributed by atoms with van der Waals surface area (Å²) in [5.74, 6) is 0.754. The van der Waals surface area contributed by atoms with Gasteiger partial charge in [-0.25, -0.2) is 0 Å². The topological polar surface area (TPSA) is 29.5 Å². The first-order valence-electron chi connectivity index (χ1n) is 5.09.